The largest absolute Gasteiger partial charge is 0.268 e. The number of aromatic nitrogens is 2. The maximum absolute atomic E-state index is 8.66. The maximum atomic E-state index is 8.66. The van der Waals surface area contributed by atoms with Gasteiger partial charge in [0.25, 0.3) is 0 Å². The Morgan fingerprint density at radius 2 is 1.94 bits per heavy atom. The average molecular weight is 234 g/mol. The first-order chi connectivity index (χ1) is 8.81. The van der Waals surface area contributed by atoms with Crippen LogP contribution in [-0.2, 0) is 6.54 Å². The quantitative estimate of drug-likeness (QED) is 0.766. The summed E-state index contributed by atoms with van der Waals surface area (Å²) in [5.74, 6) is 0. The van der Waals surface area contributed by atoms with E-state index in [0.29, 0.717) is 6.54 Å². The Balaban J connectivity index is 2.14. The fourth-order valence-corrected chi connectivity index (χ4v) is 1.56. The second-order valence-electron chi connectivity index (χ2n) is 3.73. The first-order valence-electron chi connectivity index (χ1n) is 5.40. The van der Waals surface area contributed by atoms with Crippen LogP contribution in [0.1, 0.15) is 11.1 Å². The van der Waals surface area contributed by atoms with Crippen LogP contribution in [0, 0.1) is 22.7 Å². The van der Waals surface area contributed by atoms with Crippen molar-refractivity contribution in [2.75, 3.05) is 0 Å². The van der Waals surface area contributed by atoms with Gasteiger partial charge in [-0.1, -0.05) is 24.3 Å². The number of nitrogens with zero attached hydrogens (tertiary/aromatic N) is 4. The third kappa shape index (κ3) is 2.84. The molecule has 4 nitrogen and oxygen atoms in total. The summed E-state index contributed by atoms with van der Waals surface area (Å²) < 4.78 is 1.83. The van der Waals surface area contributed by atoms with Crippen LogP contribution in [-0.4, -0.2) is 9.78 Å². The van der Waals surface area contributed by atoms with Crippen molar-refractivity contribution in [2.24, 2.45) is 0 Å². The highest BCUT2D eigenvalue weighted by Crippen LogP contribution is 2.09. The molecule has 86 valence electrons. The average Bonchev–Trinajstić information content (AvgIpc) is 2.91. The lowest BCUT2D eigenvalue weighted by Crippen LogP contribution is -1.99. The molecule has 2 aromatic rings. The molecule has 18 heavy (non-hydrogen) atoms. The fourth-order valence-electron chi connectivity index (χ4n) is 1.56. The second kappa shape index (κ2) is 5.47. The highest BCUT2D eigenvalue weighted by atomic mass is 15.3. The van der Waals surface area contributed by atoms with Crippen LogP contribution in [0.15, 0.2) is 48.3 Å². The van der Waals surface area contributed by atoms with Crippen molar-refractivity contribution in [3.05, 3.63) is 59.4 Å². The Morgan fingerprint density at radius 3 is 2.50 bits per heavy atom. The summed E-state index contributed by atoms with van der Waals surface area (Å²) in [6.45, 7) is 0.709. The summed E-state index contributed by atoms with van der Waals surface area (Å²) in [6, 6.07) is 13.2. The number of nitriles is 2. The Bertz CT molecular complexity index is 606. The van der Waals surface area contributed by atoms with Gasteiger partial charge < -0.3 is 0 Å². The van der Waals surface area contributed by atoms with Gasteiger partial charge in [0.2, 0.25) is 0 Å². The van der Waals surface area contributed by atoms with Crippen molar-refractivity contribution in [1.82, 2.24) is 9.78 Å². The first-order valence-corrected chi connectivity index (χ1v) is 5.40. The molecule has 0 fully saturated rings. The van der Waals surface area contributed by atoms with E-state index in [4.69, 9.17) is 10.5 Å². The van der Waals surface area contributed by atoms with Gasteiger partial charge in [-0.2, -0.15) is 15.6 Å². The molecule has 0 aliphatic carbocycles. The van der Waals surface area contributed by atoms with Crippen LogP contribution in [0.2, 0.25) is 0 Å². The molecule has 0 saturated carbocycles. The predicted octanol–water partition coefficient (Wildman–Crippen LogP) is 2.36. The molecule has 0 radical (unpaired) electrons. The minimum Gasteiger partial charge on any atom is -0.268 e. The lowest BCUT2D eigenvalue weighted by Gasteiger charge is -2.02. The molecule has 0 saturated heterocycles. The van der Waals surface area contributed by atoms with Crippen molar-refractivity contribution >= 4 is 6.08 Å². The Morgan fingerprint density at radius 1 is 1.22 bits per heavy atom. The number of benzene rings is 1. The van der Waals surface area contributed by atoms with Crippen LogP contribution in [0.3, 0.4) is 0 Å². The molecule has 0 aliphatic rings. The highest BCUT2D eigenvalue weighted by Gasteiger charge is 1.97. The standard InChI is InChI=1S/C14H10N4/c15-9-14(10-16)8-12-2-4-13(5-3-12)11-18-7-1-6-17-18/h1-8H,11H2. The molecule has 4 heteroatoms. The van der Waals surface area contributed by atoms with Gasteiger partial charge >= 0.3 is 0 Å². The predicted molar refractivity (Wildman–Crippen MR) is 67.0 cm³/mol. The second-order valence-corrected chi connectivity index (χ2v) is 3.73. The molecule has 0 amide bonds. The summed E-state index contributed by atoms with van der Waals surface area (Å²) in [5, 5.41) is 21.4. The van der Waals surface area contributed by atoms with Gasteiger partial charge in [0.15, 0.2) is 0 Å². The summed E-state index contributed by atoms with van der Waals surface area (Å²) in [5.41, 5.74) is 2.07. The summed E-state index contributed by atoms with van der Waals surface area (Å²) >= 11 is 0. The van der Waals surface area contributed by atoms with Crippen LogP contribution in [0.25, 0.3) is 6.08 Å². The van der Waals surface area contributed by atoms with E-state index in [2.05, 4.69) is 5.10 Å². The van der Waals surface area contributed by atoms with Crippen molar-refractivity contribution in [3.63, 3.8) is 0 Å². The Kier molecular flexibility index (Phi) is 3.53. The Labute approximate surface area is 105 Å². The fraction of sp³-hybridized carbons (Fsp3) is 0.0714. The molecule has 0 bridgehead atoms. The van der Waals surface area contributed by atoms with Crippen LogP contribution in [0.5, 0.6) is 0 Å². The molecule has 0 N–H and O–H groups in total. The number of hydrogen-bond donors (Lipinski definition) is 0. The van der Waals surface area contributed by atoms with Gasteiger partial charge in [-0.05, 0) is 23.3 Å². The number of hydrogen-bond acceptors (Lipinski definition) is 3. The minimum atomic E-state index is 0.106. The zero-order chi connectivity index (χ0) is 12.8. The molecule has 0 spiro atoms. The zero-order valence-corrected chi connectivity index (χ0v) is 9.61. The lowest BCUT2D eigenvalue weighted by molar-refractivity contribution is 0.687. The topological polar surface area (TPSA) is 65.4 Å². The van der Waals surface area contributed by atoms with Gasteiger partial charge in [0.05, 0.1) is 6.54 Å². The van der Waals surface area contributed by atoms with E-state index in [1.54, 1.807) is 12.3 Å². The van der Waals surface area contributed by atoms with E-state index in [1.165, 1.54) is 0 Å². The zero-order valence-electron chi connectivity index (χ0n) is 9.61. The third-order valence-electron chi connectivity index (χ3n) is 2.44. The molecule has 0 aliphatic heterocycles. The van der Waals surface area contributed by atoms with Crippen LogP contribution in [0.4, 0.5) is 0 Å². The SMILES string of the molecule is N#CC(C#N)=Cc1ccc(Cn2cccn2)cc1. The third-order valence-corrected chi connectivity index (χ3v) is 2.44. The van der Waals surface area contributed by atoms with Gasteiger partial charge in [0, 0.05) is 12.4 Å². The number of rotatable bonds is 3. The lowest BCUT2D eigenvalue weighted by atomic mass is 10.1. The van der Waals surface area contributed by atoms with Crippen LogP contribution >= 0.6 is 0 Å². The van der Waals surface area contributed by atoms with Crippen molar-refractivity contribution < 1.29 is 0 Å². The first kappa shape index (κ1) is 11.6. The molecular weight excluding hydrogens is 224 g/mol. The molecule has 2 rings (SSSR count). The molecule has 1 heterocycles. The van der Waals surface area contributed by atoms with E-state index in [9.17, 15) is 0 Å². The van der Waals surface area contributed by atoms with Gasteiger partial charge in [-0.15, -0.1) is 0 Å². The molecule has 0 atom stereocenters. The van der Waals surface area contributed by atoms with Gasteiger partial charge in [0.1, 0.15) is 17.7 Å². The van der Waals surface area contributed by atoms with Crippen molar-refractivity contribution in [1.29, 1.82) is 10.5 Å². The van der Waals surface area contributed by atoms with E-state index in [-0.39, 0.29) is 5.57 Å². The molecular formula is C14H10N4. The smallest absolute Gasteiger partial charge is 0.130 e. The molecule has 1 aromatic heterocycles. The van der Waals surface area contributed by atoms with E-state index in [1.807, 2.05) is 53.3 Å². The van der Waals surface area contributed by atoms with Gasteiger partial charge in [-0.25, -0.2) is 0 Å². The Hall–Kier alpha value is -2.85. The van der Waals surface area contributed by atoms with Gasteiger partial charge in [-0.3, -0.25) is 4.68 Å². The monoisotopic (exact) mass is 234 g/mol. The highest BCUT2D eigenvalue weighted by molar-refractivity contribution is 5.61. The summed E-state index contributed by atoms with van der Waals surface area (Å²) in [7, 11) is 0. The normalized spacial score (nSPS) is 9.22. The maximum Gasteiger partial charge on any atom is 0.130 e. The number of allylic oxidation sites excluding steroid dienone is 1. The van der Waals surface area contributed by atoms with E-state index < -0.39 is 0 Å². The summed E-state index contributed by atoms with van der Waals surface area (Å²) in [4.78, 5) is 0. The molecule has 0 unspecified atom stereocenters. The van der Waals surface area contributed by atoms with E-state index in [0.717, 1.165) is 11.1 Å². The molecule has 1 aromatic carbocycles. The summed E-state index contributed by atoms with van der Waals surface area (Å²) in [6.07, 6.45) is 5.21. The minimum absolute atomic E-state index is 0.106. The van der Waals surface area contributed by atoms with E-state index >= 15 is 0 Å². The van der Waals surface area contributed by atoms with Crippen LogP contribution < -0.4 is 0 Å². The van der Waals surface area contributed by atoms with Crippen molar-refractivity contribution in [3.8, 4) is 12.1 Å². The van der Waals surface area contributed by atoms with Crippen molar-refractivity contribution in [2.45, 2.75) is 6.54 Å².